The van der Waals surface area contributed by atoms with Gasteiger partial charge in [0.15, 0.2) is 0 Å². The predicted molar refractivity (Wildman–Crippen MR) is 103 cm³/mol. The molecule has 27 heavy (non-hydrogen) atoms. The summed E-state index contributed by atoms with van der Waals surface area (Å²) in [5, 5.41) is 3.13. The topological polar surface area (TPSA) is 48.5 Å². The molecule has 1 aromatic heterocycles. The van der Waals surface area contributed by atoms with Gasteiger partial charge in [0.25, 0.3) is 0 Å². The Morgan fingerprint density at radius 2 is 1.89 bits per heavy atom. The van der Waals surface area contributed by atoms with E-state index >= 15 is 0 Å². The number of anilines is 1. The maximum Gasteiger partial charge on any atom is 0.317 e. The number of hydrogen-bond donors (Lipinski definition) is 1. The van der Waals surface area contributed by atoms with Gasteiger partial charge in [0.1, 0.15) is 5.82 Å². The Kier molecular flexibility index (Phi) is 5.23. The van der Waals surface area contributed by atoms with E-state index in [1.807, 2.05) is 29.2 Å². The minimum Gasteiger partial charge on any atom is -0.371 e. The molecule has 2 fully saturated rings. The van der Waals surface area contributed by atoms with Gasteiger partial charge in [0.2, 0.25) is 0 Å². The van der Waals surface area contributed by atoms with E-state index in [2.05, 4.69) is 15.2 Å². The van der Waals surface area contributed by atoms with Crippen LogP contribution < -0.4 is 10.2 Å². The van der Waals surface area contributed by atoms with Crippen molar-refractivity contribution < 1.29 is 9.18 Å². The van der Waals surface area contributed by atoms with Crippen LogP contribution in [0, 0.1) is 11.7 Å². The number of pyridine rings is 1. The smallest absolute Gasteiger partial charge is 0.317 e. The molecule has 2 aliphatic heterocycles. The molecule has 2 aliphatic rings. The summed E-state index contributed by atoms with van der Waals surface area (Å²) < 4.78 is 13.1. The van der Waals surface area contributed by atoms with E-state index in [1.165, 1.54) is 12.1 Å². The van der Waals surface area contributed by atoms with Crippen molar-refractivity contribution >= 4 is 11.7 Å². The van der Waals surface area contributed by atoms with Crippen molar-refractivity contribution in [2.24, 2.45) is 5.92 Å². The van der Waals surface area contributed by atoms with E-state index in [0.717, 1.165) is 50.1 Å². The van der Waals surface area contributed by atoms with Crippen molar-refractivity contribution in [2.45, 2.75) is 25.3 Å². The molecule has 142 valence electrons. The summed E-state index contributed by atoms with van der Waals surface area (Å²) in [5.41, 5.74) is 2.20. The molecule has 0 bridgehead atoms. The van der Waals surface area contributed by atoms with E-state index in [-0.39, 0.29) is 17.9 Å². The third-order valence-corrected chi connectivity index (χ3v) is 5.62. The molecule has 2 atom stereocenters. The highest BCUT2D eigenvalue weighted by molar-refractivity contribution is 5.75. The third-order valence-electron chi connectivity index (χ3n) is 5.62. The van der Waals surface area contributed by atoms with Crippen LogP contribution in [0.3, 0.4) is 0 Å². The highest BCUT2D eigenvalue weighted by Gasteiger charge is 2.31. The number of benzene rings is 1. The van der Waals surface area contributed by atoms with E-state index < -0.39 is 0 Å². The van der Waals surface area contributed by atoms with Crippen molar-refractivity contribution in [3.63, 3.8) is 0 Å². The van der Waals surface area contributed by atoms with E-state index in [1.54, 1.807) is 12.4 Å². The van der Waals surface area contributed by atoms with Crippen molar-refractivity contribution in [3.05, 3.63) is 60.2 Å². The van der Waals surface area contributed by atoms with Crippen LogP contribution in [0.1, 0.15) is 30.9 Å². The van der Waals surface area contributed by atoms with Crippen molar-refractivity contribution in [1.29, 1.82) is 0 Å². The van der Waals surface area contributed by atoms with Crippen molar-refractivity contribution in [2.75, 3.05) is 31.1 Å². The number of hydrogen-bond acceptors (Lipinski definition) is 3. The number of carbonyl (C=O) groups is 1. The van der Waals surface area contributed by atoms with Gasteiger partial charge in [-0.25, -0.2) is 9.18 Å². The molecule has 1 N–H and O–H groups in total. The second-order valence-electron chi connectivity index (χ2n) is 7.40. The normalized spacial score (nSPS) is 22.3. The van der Waals surface area contributed by atoms with Gasteiger partial charge in [-0.2, -0.15) is 0 Å². The molecule has 2 unspecified atom stereocenters. The Morgan fingerprint density at radius 1 is 1.11 bits per heavy atom. The Labute approximate surface area is 159 Å². The molecule has 5 nitrogen and oxygen atoms in total. The number of nitrogens with zero attached hydrogens (tertiary/aromatic N) is 3. The van der Waals surface area contributed by atoms with Crippen LogP contribution in [0.15, 0.2) is 48.8 Å². The van der Waals surface area contributed by atoms with Crippen LogP contribution >= 0.6 is 0 Å². The van der Waals surface area contributed by atoms with Gasteiger partial charge in [-0.15, -0.1) is 0 Å². The molecule has 2 amide bonds. The first-order valence-electron chi connectivity index (χ1n) is 9.65. The highest BCUT2D eigenvalue weighted by Crippen LogP contribution is 2.31. The van der Waals surface area contributed by atoms with Crippen LogP contribution in [0.2, 0.25) is 0 Å². The number of urea groups is 1. The van der Waals surface area contributed by atoms with Gasteiger partial charge in [-0.05, 0) is 67.1 Å². The molecular weight excluding hydrogens is 343 g/mol. The minimum absolute atomic E-state index is 0.0227. The van der Waals surface area contributed by atoms with E-state index in [0.29, 0.717) is 12.5 Å². The molecular formula is C21H25FN4O. The van der Waals surface area contributed by atoms with Gasteiger partial charge in [-0.3, -0.25) is 4.98 Å². The summed E-state index contributed by atoms with van der Waals surface area (Å²) in [7, 11) is 0. The summed E-state index contributed by atoms with van der Waals surface area (Å²) in [4.78, 5) is 21.0. The fourth-order valence-electron chi connectivity index (χ4n) is 4.16. The average molecular weight is 368 g/mol. The Morgan fingerprint density at radius 3 is 2.67 bits per heavy atom. The number of rotatable bonds is 4. The summed E-state index contributed by atoms with van der Waals surface area (Å²) in [6.45, 7) is 3.30. The molecule has 1 aromatic carbocycles. The van der Waals surface area contributed by atoms with E-state index in [4.69, 9.17) is 0 Å². The summed E-state index contributed by atoms with van der Waals surface area (Å²) in [6.07, 6.45) is 6.63. The maximum absolute atomic E-state index is 13.1. The lowest BCUT2D eigenvalue weighted by Gasteiger charge is -2.26. The fourth-order valence-corrected chi connectivity index (χ4v) is 4.16. The zero-order valence-corrected chi connectivity index (χ0v) is 15.4. The van der Waals surface area contributed by atoms with Crippen LogP contribution in [0.5, 0.6) is 0 Å². The number of halogens is 1. The second-order valence-corrected chi connectivity index (χ2v) is 7.40. The monoisotopic (exact) mass is 368 g/mol. The third kappa shape index (κ3) is 4.04. The SMILES string of the molecule is O=C(NCC1CCN(c2ccc(F)cc2)C1)N1CCCC1c1ccncc1. The molecule has 0 saturated carbocycles. The molecule has 4 rings (SSSR count). The first-order chi connectivity index (χ1) is 13.2. The first kappa shape index (κ1) is 17.8. The Hall–Kier alpha value is -2.63. The quantitative estimate of drug-likeness (QED) is 0.897. The van der Waals surface area contributed by atoms with Crippen molar-refractivity contribution in [3.8, 4) is 0 Å². The minimum atomic E-state index is -0.212. The number of carbonyl (C=O) groups excluding carboxylic acids is 1. The second kappa shape index (κ2) is 7.94. The molecule has 3 heterocycles. The van der Waals surface area contributed by atoms with Gasteiger partial charge < -0.3 is 15.1 Å². The van der Waals surface area contributed by atoms with Gasteiger partial charge in [0, 0.05) is 44.3 Å². The van der Waals surface area contributed by atoms with Crippen LogP contribution in [-0.2, 0) is 0 Å². The van der Waals surface area contributed by atoms with Crippen molar-refractivity contribution in [1.82, 2.24) is 15.2 Å². The molecule has 0 aliphatic carbocycles. The van der Waals surface area contributed by atoms with Crippen LogP contribution in [0.4, 0.5) is 14.9 Å². The van der Waals surface area contributed by atoms with Crippen LogP contribution in [0.25, 0.3) is 0 Å². The Bertz CT molecular complexity index is 768. The number of likely N-dealkylation sites (tertiary alicyclic amines) is 1. The lowest BCUT2D eigenvalue weighted by molar-refractivity contribution is 0.191. The predicted octanol–water partition coefficient (Wildman–Crippen LogP) is 3.59. The maximum atomic E-state index is 13.1. The lowest BCUT2D eigenvalue weighted by Crippen LogP contribution is -2.41. The lowest BCUT2D eigenvalue weighted by atomic mass is 10.1. The molecule has 2 saturated heterocycles. The van der Waals surface area contributed by atoms with Crippen LogP contribution in [-0.4, -0.2) is 42.1 Å². The number of aromatic nitrogens is 1. The molecule has 6 heteroatoms. The Balaban J connectivity index is 1.30. The number of nitrogens with one attached hydrogen (secondary N) is 1. The summed E-state index contributed by atoms with van der Waals surface area (Å²) >= 11 is 0. The largest absolute Gasteiger partial charge is 0.371 e. The zero-order chi connectivity index (χ0) is 18.6. The van der Waals surface area contributed by atoms with Gasteiger partial charge in [0.05, 0.1) is 6.04 Å². The summed E-state index contributed by atoms with van der Waals surface area (Å²) in [6, 6.07) is 10.8. The average Bonchev–Trinajstić information content (AvgIpc) is 3.37. The van der Waals surface area contributed by atoms with Gasteiger partial charge in [-0.1, -0.05) is 0 Å². The highest BCUT2D eigenvalue weighted by atomic mass is 19.1. The number of amides is 2. The zero-order valence-electron chi connectivity index (χ0n) is 15.4. The van der Waals surface area contributed by atoms with Gasteiger partial charge >= 0.3 is 6.03 Å². The van der Waals surface area contributed by atoms with E-state index in [9.17, 15) is 9.18 Å². The summed E-state index contributed by atoms with van der Waals surface area (Å²) in [5.74, 6) is 0.206. The molecule has 2 aromatic rings. The fraction of sp³-hybridized carbons (Fsp3) is 0.429. The first-order valence-corrected chi connectivity index (χ1v) is 9.65. The molecule has 0 spiro atoms. The molecule has 0 radical (unpaired) electrons. The standard InChI is InChI=1S/C21H25FN4O/c22-18-3-5-19(6-4-18)25-13-9-16(15-25)14-24-21(27)26-12-1-2-20(26)17-7-10-23-11-8-17/h3-8,10-11,16,20H,1-2,9,12-15H2,(H,24,27).